The molecule has 0 spiro atoms. The number of nitrogens with one attached hydrogen (secondary N) is 1. The highest BCUT2D eigenvalue weighted by atomic mass is 35.5. The summed E-state index contributed by atoms with van der Waals surface area (Å²) in [6, 6.07) is 8.81. The minimum Gasteiger partial charge on any atom is -0.352 e. The Morgan fingerprint density at radius 3 is 2.85 bits per heavy atom. The molecule has 1 fully saturated rings. The Kier molecular flexibility index (Phi) is 5.15. The SMILES string of the molecule is O=C(NCC1CCCCC1)c1cc(On2nnc3ccccc32)nnc1Cl. The van der Waals surface area contributed by atoms with E-state index in [0.717, 1.165) is 12.8 Å². The molecule has 8 nitrogen and oxygen atoms in total. The number of aromatic nitrogens is 5. The molecule has 2 heterocycles. The van der Waals surface area contributed by atoms with E-state index in [-0.39, 0.29) is 22.5 Å². The molecule has 4 rings (SSSR count). The van der Waals surface area contributed by atoms with Crippen molar-refractivity contribution in [1.82, 2.24) is 30.7 Å². The van der Waals surface area contributed by atoms with Crippen molar-refractivity contribution in [3.8, 4) is 5.88 Å². The molecule has 1 aliphatic carbocycles. The molecule has 0 radical (unpaired) electrons. The second kappa shape index (κ2) is 7.87. The number of hydrogen-bond donors (Lipinski definition) is 1. The van der Waals surface area contributed by atoms with Gasteiger partial charge in [-0.25, -0.2) is 0 Å². The molecule has 3 aromatic rings. The lowest BCUT2D eigenvalue weighted by atomic mass is 9.89. The number of carbonyl (C=O) groups excluding carboxylic acids is 1. The van der Waals surface area contributed by atoms with E-state index in [2.05, 4.69) is 25.8 Å². The quantitative estimate of drug-likeness (QED) is 0.724. The number of halogens is 1. The number of amides is 1. The molecule has 2 aromatic heterocycles. The smallest absolute Gasteiger partial charge is 0.268 e. The van der Waals surface area contributed by atoms with Crippen molar-refractivity contribution >= 4 is 28.5 Å². The fourth-order valence-corrected chi connectivity index (χ4v) is 3.47. The number of hydrogen-bond acceptors (Lipinski definition) is 6. The van der Waals surface area contributed by atoms with Gasteiger partial charge in [0.05, 0.1) is 5.56 Å². The van der Waals surface area contributed by atoms with Crippen LogP contribution in [0.5, 0.6) is 5.88 Å². The van der Waals surface area contributed by atoms with Crippen LogP contribution in [-0.2, 0) is 0 Å². The van der Waals surface area contributed by atoms with Crippen LogP contribution >= 0.6 is 11.6 Å². The molecule has 9 heteroatoms. The third kappa shape index (κ3) is 4.00. The molecule has 0 aliphatic heterocycles. The number of nitrogens with zero attached hydrogens (tertiary/aromatic N) is 5. The second-order valence-electron chi connectivity index (χ2n) is 6.64. The molecule has 140 valence electrons. The van der Waals surface area contributed by atoms with Crippen molar-refractivity contribution in [3.05, 3.63) is 41.0 Å². The maximum absolute atomic E-state index is 12.5. The highest BCUT2D eigenvalue weighted by molar-refractivity contribution is 6.32. The molecular weight excluding hydrogens is 368 g/mol. The van der Waals surface area contributed by atoms with Gasteiger partial charge in [0.2, 0.25) is 0 Å². The molecule has 0 saturated heterocycles. The fourth-order valence-electron chi connectivity index (χ4n) is 3.29. The number of para-hydroxylation sites is 1. The third-order valence-corrected chi connectivity index (χ3v) is 5.03. The first-order chi connectivity index (χ1) is 13.2. The van der Waals surface area contributed by atoms with Crippen LogP contribution in [0.3, 0.4) is 0 Å². The van der Waals surface area contributed by atoms with E-state index in [1.165, 1.54) is 30.2 Å². The summed E-state index contributed by atoms with van der Waals surface area (Å²) < 4.78 is 0. The van der Waals surface area contributed by atoms with Gasteiger partial charge < -0.3 is 10.2 Å². The minimum atomic E-state index is -0.284. The van der Waals surface area contributed by atoms with Gasteiger partial charge in [0.15, 0.2) is 5.15 Å². The molecule has 1 aliphatic rings. The normalized spacial score (nSPS) is 15.0. The van der Waals surface area contributed by atoms with Crippen LogP contribution in [0.15, 0.2) is 30.3 Å². The van der Waals surface area contributed by atoms with Crippen molar-refractivity contribution in [2.75, 3.05) is 6.54 Å². The number of benzene rings is 1. The predicted octanol–water partition coefficient (Wildman–Crippen LogP) is 3.03. The largest absolute Gasteiger partial charge is 0.352 e. The molecule has 0 bridgehead atoms. The second-order valence-corrected chi connectivity index (χ2v) is 7.00. The van der Waals surface area contributed by atoms with Gasteiger partial charge in [0.1, 0.15) is 11.0 Å². The van der Waals surface area contributed by atoms with Crippen molar-refractivity contribution in [3.63, 3.8) is 0 Å². The molecule has 0 atom stereocenters. The third-order valence-electron chi connectivity index (χ3n) is 4.75. The van der Waals surface area contributed by atoms with Crippen LogP contribution < -0.4 is 10.2 Å². The zero-order valence-corrected chi connectivity index (χ0v) is 15.4. The van der Waals surface area contributed by atoms with E-state index in [1.807, 2.05) is 24.3 Å². The number of carbonyl (C=O) groups is 1. The predicted molar refractivity (Wildman–Crippen MR) is 99.5 cm³/mol. The summed E-state index contributed by atoms with van der Waals surface area (Å²) >= 11 is 6.06. The van der Waals surface area contributed by atoms with Crippen molar-refractivity contribution < 1.29 is 9.63 Å². The van der Waals surface area contributed by atoms with Gasteiger partial charge in [-0.15, -0.1) is 15.3 Å². The summed E-state index contributed by atoms with van der Waals surface area (Å²) in [5.74, 6) is 0.347. The van der Waals surface area contributed by atoms with Gasteiger partial charge in [0.25, 0.3) is 11.8 Å². The summed E-state index contributed by atoms with van der Waals surface area (Å²) in [6.45, 7) is 0.640. The lowest BCUT2D eigenvalue weighted by Crippen LogP contribution is -2.30. The highest BCUT2D eigenvalue weighted by Gasteiger charge is 2.18. The maximum atomic E-state index is 12.5. The topological polar surface area (TPSA) is 94.8 Å². The summed E-state index contributed by atoms with van der Waals surface area (Å²) in [4.78, 5) is 19.4. The Bertz CT molecular complexity index is 954. The first-order valence-electron chi connectivity index (χ1n) is 9.01. The summed E-state index contributed by atoms with van der Waals surface area (Å²) in [5.41, 5.74) is 1.59. The zero-order valence-electron chi connectivity index (χ0n) is 14.6. The number of fused-ring (bicyclic) bond motifs is 1. The Morgan fingerprint density at radius 2 is 2.00 bits per heavy atom. The van der Waals surface area contributed by atoms with Crippen molar-refractivity contribution in [2.45, 2.75) is 32.1 Å². The average molecular weight is 387 g/mol. The summed E-state index contributed by atoms with van der Waals surface area (Å²) in [7, 11) is 0. The van der Waals surface area contributed by atoms with Crippen LogP contribution in [0, 0.1) is 5.92 Å². The lowest BCUT2D eigenvalue weighted by Gasteiger charge is -2.21. The molecular formula is C18H19ClN6O2. The van der Waals surface area contributed by atoms with Crippen LogP contribution in [0.1, 0.15) is 42.5 Å². The Hall–Kier alpha value is -2.74. The van der Waals surface area contributed by atoms with Crippen LogP contribution in [0.2, 0.25) is 5.15 Å². The fraction of sp³-hybridized carbons (Fsp3) is 0.389. The summed E-state index contributed by atoms with van der Waals surface area (Å²) in [5, 5.41) is 18.6. The first-order valence-corrected chi connectivity index (χ1v) is 9.39. The van der Waals surface area contributed by atoms with E-state index < -0.39 is 0 Å². The standard InChI is InChI=1S/C18H19ClN6O2/c19-17-13(18(26)20-11-12-6-2-1-3-7-12)10-16(22-23-17)27-25-15-9-5-4-8-14(15)21-24-25/h4-5,8-10,12H,1-3,6-7,11H2,(H,20,26). The van der Waals surface area contributed by atoms with Gasteiger partial charge in [-0.2, -0.15) is 0 Å². The van der Waals surface area contributed by atoms with Gasteiger partial charge >= 0.3 is 0 Å². The molecule has 0 unspecified atom stereocenters. The zero-order chi connectivity index (χ0) is 18.6. The van der Waals surface area contributed by atoms with Crippen LogP contribution in [0.25, 0.3) is 11.0 Å². The minimum absolute atomic E-state index is 0.0342. The summed E-state index contributed by atoms with van der Waals surface area (Å²) in [6.07, 6.45) is 6.03. The van der Waals surface area contributed by atoms with E-state index in [4.69, 9.17) is 16.4 Å². The van der Waals surface area contributed by atoms with Gasteiger partial charge in [-0.1, -0.05) is 47.8 Å². The highest BCUT2D eigenvalue weighted by Crippen LogP contribution is 2.23. The Morgan fingerprint density at radius 1 is 1.19 bits per heavy atom. The van der Waals surface area contributed by atoms with Gasteiger partial charge in [-0.3, -0.25) is 4.79 Å². The van der Waals surface area contributed by atoms with Gasteiger partial charge in [0, 0.05) is 12.6 Å². The van der Waals surface area contributed by atoms with Gasteiger partial charge in [-0.05, 0) is 36.1 Å². The van der Waals surface area contributed by atoms with E-state index in [1.54, 1.807) is 0 Å². The average Bonchev–Trinajstić information content (AvgIpc) is 3.11. The van der Waals surface area contributed by atoms with Crippen LogP contribution in [-0.4, -0.2) is 37.8 Å². The van der Waals surface area contributed by atoms with E-state index in [0.29, 0.717) is 23.5 Å². The van der Waals surface area contributed by atoms with Crippen LogP contribution in [0.4, 0.5) is 0 Å². The van der Waals surface area contributed by atoms with E-state index in [9.17, 15) is 4.79 Å². The lowest BCUT2D eigenvalue weighted by molar-refractivity contribution is 0.0941. The molecule has 1 saturated carbocycles. The van der Waals surface area contributed by atoms with Crippen molar-refractivity contribution in [1.29, 1.82) is 0 Å². The Balaban J connectivity index is 1.48. The monoisotopic (exact) mass is 386 g/mol. The number of rotatable bonds is 5. The Labute approximate surface area is 160 Å². The maximum Gasteiger partial charge on any atom is 0.268 e. The van der Waals surface area contributed by atoms with Crippen molar-refractivity contribution in [2.24, 2.45) is 5.92 Å². The molecule has 1 amide bonds. The molecule has 1 N–H and O–H groups in total. The molecule has 1 aromatic carbocycles. The van der Waals surface area contributed by atoms with E-state index >= 15 is 0 Å². The first kappa shape index (κ1) is 17.7. The molecule has 27 heavy (non-hydrogen) atoms.